The SMILES string of the molecule is C=CCn1c(Sc2ncc(Br)cc2[N+](=O)[O-])n[nH]c1=O. The van der Waals surface area contributed by atoms with Gasteiger partial charge in [-0.25, -0.2) is 14.9 Å². The van der Waals surface area contributed by atoms with Gasteiger partial charge in [0.05, 0.1) is 4.92 Å². The van der Waals surface area contributed by atoms with Crippen molar-refractivity contribution in [3.8, 4) is 0 Å². The summed E-state index contributed by atoms with van der Waals surface area (Å²) in [6, 6.07) is 1.35. The maximum Gasteiger partial charge on any atom is 0.344 e. The van der Waals surface area contributed by atoms with Gasteiger partial charge in [0.2, 0.25) is 0 Å². The minimum atomic E-state index is -0.539. The number of aromatic amines is 1. The standard InChI is InChI=1S/C10H8BrN5O3S/c1-2-3-15-9(17)13-14-10(15)20-8-7(16(18)19)4-6(11)5-12-8/h2,4-5H,1,3H2,(H,13,17). The number of halogens is 1. The van der Waals surface area contributed by atoms with Crippen LogP contribution >= 0.6 is 27.7 Å². The van der Waals surface area contributed by atoms with Crippen LogP contribution in [0.25, 0.3) is 0 Å². The van der Waals surface area contributed by atoms with Crippen LogP contribution in [-0.4, -0.2) is 24.7 Å². The van der Waals surface area contributed by atoms with Crippen LogP contribution in [0.4, 0.5) is 5.69 Å². The molecule has 2 heterocycles. The van der Waals surface area contributed by atoms with Gasteiger partial charge in [-0.3, -0.25) is 14.7 Å². The molecule has 0 aliphatic rings. The summed E-state index contributed by atoms with van der Waals surface area (Å²) in [6.45, 7) is 3.79. The van der Waals surface area contributed by atoms with Crippen molar-refractivity contribution in [2.45, 2.75) is 16.7 Å². The van der Waals surface area contributed by atoms with Crippen molar-refractivity contribution in [3.63, 3.8) is 0 Å². The summed E-state index contributed by atoms with van der Waals surface area (Å²) in [5.41, 5.74) is -0.572. The number of pyridine rings is 1. The maximum atomic E-state index is 11.5. The molecule has 104 valence electrons. The summed E-state index contributed by atoms with van der Waals surface area (Å²) in [5.74, 6) is 0. The first-order chi connectivity index (χ1) is 9.52. The molecule has 0 aliphatic carbocycles. The summed E-state index contributed by atoms with van der Waals surface area (Å²) in [5, 5.41) is 17.5. The Bertz CT molecular complexity index is 726. The number of H-pyrrole nitrogens is 1. The zero-order chi connectivity index (χ0) is 14.7. The zero-order valence-corrected chi connectivity index (χ0v) is 12.3. The molecule has 2 rings (SSSR count). The van der Waals surface area contributed by atoms with Crippen molar-refractivity contribution in [1.29, 1.82) is 0 Å². The first-order valence-corrected chi connectivity index (χ1v) is 6.87. The monoisotopic (exact) mass is 357 g/mol. The average Bonchev–Trinajstić information content (AvgIpc) is 2.74. The van der Waals surface area contributed by atoms with E-state index >= 15 is 0 Å². The third-order valence-corrected chi connectivity index (χ3v) is 3.65. The first-order valence-electron chi connectivity index (χ1n) is 5.27. The van der Waals surface area contributed by atoms with Gasteiger partial charge in [0.1, 0.15) is 0 Å². The molecule has 8 nitrogen and oxygen atoms in total. The number of hydrogen-bond acceptors (Lipinski definition) is 6. The molecular weight excluding hydrogens is 350 g/mol. The topological polar surface area (TPSA) is 107 Å². The van der Waals surface area contributed by atoms with Crippen molar-refractivity contribution < 1.29 is 4.92 Å². The summed E-state index contributed by atoms with van der Waals surface area (Å²) in [6.07, 6.45) is 2.97. The Labute approximate surface area is 125 Å². The van der Waals surface area contributed by atoms with Gasteiger partial charge in [0, 0.05) is 23.3 Å². The third kappa shape index (κ3) is 2.96. The van der Waals surface area contributed by atoms with Crippen molar-refractivity contribution in [2.24, 2.45) is 0 Å². The lowest BCUT2D eigenvalue weighted by atomic mass is 10.4. The van der Waals surface area contributed by atoms with E-state index in [-0.39, 0.29) is 22.4 Å². The van der Waals surface area contributed by atoms with E-state index in [9.17, 15) is 14.9 Å². The van der Waals surface area contributed by atoms with Gasteiger partial charge in [-0.1, -0.05) is 6.08 Å². The number of aromatic nitrogens is 4. The minimum Gasteiger partial charge on any atom is -0.266 e. The lowest BCUT2D eigenvalue weighted by Crippen LogP contribution is -2.16. The third-order valence-electron chi connectivity index (χ3n) is 2.22. The van der Waals surface area contributed by atoms with Crippen LogP contribution in [-0.2, 0) is 6.54 Å². The molecule has 0 atom stereocenters. The van der Waals surface area contributed by atoms with E-state index in [1.54, 1.807) is 0 Å². The van der Waals surface area contributed by atoms with Gasteiger partial charge in [0.15, 0.2) is 10.2 Å². The Kier molecular flexibility index (Phi) is 4.35. The molecule has 0 spiro atoms. The predicted molar refractivity (Wildman–Crippen MR) is 75.8 cm³/mol. The lowest BCUT2D eigenvalue weighted by molar-refractivity contribution is -0.388. The van der Waals surface area contributed by atoms with E-state index in [1.165, 1.54) is 22.9 Å². The number of rotatable bonds is 5. The van der Waals surface area contributed by atoms with E-state index in [0.29, 0.717) is 4.47 Å². The van der Waals surface area contributed by atoms with Crippen LogP contribution < -0.4 is 5.69 Å². The molecule has 0 aromatic carbocycles. The molecule has 10 heteroatoms. The fourth-order valence-corrected chi connectivity index (χ4v) is 2.58. The quantitative estimate of drug-likeness (QED) is 0.498. The van der Waals surface area contributed by atoms with Gasteiger partial charge in [-0.15, -0.1) is 11.7 Å². The number of nitro groups is 1. The first kappa shape index (κ1) is 14.5. The molecule has 0 saturated heterocycles. The fourth-order valence-electron chi connectivity index (χ4n) is 1.38. The highest BCUT2D eigenvalue weighted by atomic mass is 79.9. The summed E-state index contributed by atoms with van der Waals surface area (Å²) in [7, 11) is 0. The summed E-state index contributed by atoms with van der Waals surface area (Å²) < 4.78 is 1.81. The van der Waals surface area contributed by atoms with Crippen molar-refractivity contribution in [3.05, 3.63) is 50.0 Å². The van der Waals surface area contributed by atoms with Gasteiger partial charge in [0.25, 0.3) is 0 Å². The molecule has 2 aromatic rings. The van der Waals surface area contributed by atoms with Gasteiger partial charge >= 0.3 is 11.4 Å². The molecule has 0 aliphatic heterocycles. The van der Waals surface area contributed by atoms with Crippen LogP contribution in [0.3, 0.4) is 0 Å². The number of nitrogens with one attached hydrogen (secondary N) is 1. The molecule has 0 radical (unpaired) electrons. The summed E-state index contributed by atoms with van der Waals surface area (Å²) >= 11 is 4.06. The number of allylic oxidation sites excluding steroid dienone is 1. The Hall–Kier alpha value is -1.94. The Morgan fingerprint density at radius 1 is 1.65 bits per heavy atom. The molecule has 20 heavy (non-hydrogen) atoms. The Balaban J connectivity index is 2.42. The largest absolute Gasteiger partial charge is 0.344 e. The van der Waals surface area contributed by atoms with Crippen molar-refractivity contribution in [1.82, 2.24) is 19.7 Å². The predicted octanol–water partition coefficient (Wildman–Crippen LogP) is 1.97. The maximum absolute atomic E-state index is 11.5. The second-order valence-corrected chi connectivity index (χ2v) is 5.42. The molecule has 0 amide bonds. The fraction of sp³-hybridized carbons (Fsp3) is 0.100. The lowest BCUT2D eigenvalue weighted by Gasteiger charge is -2.03. The smallest absolute Gasteiger partial charge is 0.266 e. The Morgan fingerprint density at radius 3 is 3.05 bits per heavy atom. The molecule has 0 fully saturated rings. The average molecular weight is 358 g/mol. The van der Waals surface area contributed by atoms with E-state index in [0.717, 1.165) is 11.8 Å². The van der Waals surface area contributed by atoms with E-state index < -0.39 is 10.6 Å². The van der Waals surface area contributed by atoms with Gasteiger partial charge in [-0.05, 0) is 27.7 Å². The highest BCUT2D eigenvalue weighted by Gasteiger charge is 2.20. The van der Waals surface area contributed by atoms with E-state index in [2.05, 4.69) is 37.7 Å². The highest BCUT2D eigenvalue weighted by molar-refractivity contribution is 9.10. The molecule has 0 saturated carbocycles. The second kappa shape index (κ2) is 6.01. The van der Waals surface area contributed by atoms with Crippen LogP contribution in [0.15, 0.2) is 44.4 Å². The highest BCUT2D eigenvalue weighted by Crippen LogP contribution is 2.32. The van der Waals surface area contributed by atoms with E-state index in [1.807, 2.05) is 0 Å². The molecule has 2 aromatic heterocycles. The molecule has 0 bridgehead atoms. The molecule has 1 N–H and O–H groups in total. The van der Waals surface area contributed by atoms with Gasteiger partial charge < -0.3 is 0 Å². The van der Waals surface area contributed by atoms with Gasteiger partial charge in [-0.2, -0.15) is 0 Å². The molecule has 0 unspecified atom stereocenters. The minimum absolute atomic E-state index is 0.155. The summed E-state index contributed by atoms with van der Waals surface area (Å²) in [4.78, 5) is 26.0. The van der Waals surface area contributed by atoms with Crippen LogP contribution in [0.2, 0.25) is 0 Å². The number of hydrogen-bond donors (Lipinski definition) is 1. The van der Waals surface area contributed by atoms with Crippen molar-refractivity contribution >= 4 is 33.4 Å². The van der Waals surface area contributed by atoms with Crippen molar-refractivity contribution in [2.75, 3.05) is 0 Å². The number of nitrogens with zero attached hydrogens (tertiary/aromatic N) is 4. The normalized spacial score (nSPS) is 10.4. The Morgan fingerprint density at radius 2 is 2.40 bits per heavy atom. The zero-order valence-electron chi connectivity index (χ0n) is 9.95. The van der Waals surface area contributed by atoms with E-state index in [4.69, 9.17) is 0 Å². The molecular formula is C10H8BrN5O3S. The second-order valence-electron chi connectivity index (χ2n) is 3.55. The van der Waals surface area contributed by atoms with Crippen LogP contribution in [0.1, 0.15) is 0 Å². The van der Waals surface area contributed by atoms with Crippen LogP contribution in [0.5, 0.6) is 0 Å². The van der Waals surface area contributed by atoms with Crippen LogP contribution in [0, 0.1) is 10.1 Å².